The molecule has 0 saturated heterocycles. The molecule has 2 nitrogen and oxygen atoms in total. The summed E-state index contributed by atoms with van der Waals surface area (Å²) in [5, 5.41) is 4.83. The van der Waals surface area contributed by atoms with Crippen molar-refractivity contribution in [1.82, 2.24) is 10.3 Å². The van der Waals surface area contributed by atoms with Gasteiger partial charge in [0.1, 0.15) is 5.01 Å². The maximum absolute atomic E-state index is 4.40. The molecule has 1 saturated carbocycles. The molecule has 0 aliphatic heterocycles. The van der Waals surface area contributed by atoms with E-state index < -0.39 is 0 Å². The van der Waals surface area contributed by atoms with E-state index in [1.165, 1.54) is 35.6 Å². The molecule has 0 atom stereocenters. The number of nitrogens with zero attached hydrogens (tertiary/aromatic N) is 1. The van der Waals surface area contributed by atoms with Crippen molar-refractivity contribution >= 4 is 11.3 Å². The zero-order chi connectivity index (χ0) is 9.80. The number of aryl methyl sites for hydroxylation is 1. The lowest BCUT2D eigenvalue weighted by Gasteiger charge is -2.09. The van der Waals surface area contributed by atoms with E-state index in [4.69, 9.17) is 0 Å². The van der Waals surface area contributed by atoms with E-state index in [2.05, 4.69) is 17.2 Å². The number of thiazole rings is 1. The van der Waals surface area contributed by atoms with E-state index in [1.54, 1.807) is 0 Å². The second-order valence-electron chi connectivity index (χ2n) is 3.94. The summed E-state index contributed by atoms with van der Waals surface area (Å²) < 4.78 is 0. The van der Waals surface area contributed by atoms with Gasteiger partial charge in [0, 0.05) is 23.7 Å². The Bertz CT molecular complexity index is 277. The van der Waals surface area contributed by atoms with Crippen LogP contribution in [-0.2, 0) is 13.0 Å². The lowest BCUT2D eigenvalue weighted by molar-refractivity contribution is 0.523. The molecule has 78 valence electrons. The first kappa shape index (κ1) is 10.1. The molecular weight excluding hydrogens is 192 g/mol. The molecule has 0 radical (unpaired) electrons. The highest BCUT2D eigenvalue weighted by Crippen LogP contribution is 2.19. The van der Waals surface area contributed by atoms with Crippen molar-refractivity contribution in [3.8, 4) is 0 Å². The van der Waals surface area contributed by atoms with Gasteiger partial charge >= 0.3 is 0 Å². The van der Waals surface area contributed by atoms with Crippen LogP contribution < -0.4 is 5.32 Å². The average Bonchev–Trinajstić information content (AvgIpc) is 2.86. The van der Waals surface area contributed by atoms with Crippen LogP contribution in [0, 0.1) is 0 Å². The van der Waals surface area contributed by atoms with Gasteiger partial charge in [0.15, 0.2) is 0 Å². The van der Waals surface area contributed by atoms with Crippen molar-refractivity contribution in [3.63, 3.8) is 0 Å². The number of rotatable bonds is 4. The van der Waals surface area contributed by atoms with Gasteiger partial charge in [0.05, 0.1) is 0 Å². The SMILES string of the molecule is CCc1cnc(CNC2CCCC2)s1. The molecule has 0 aromatic carbocycles. The van der Waals surface area contributed by atoms with Gasteiger partial charge in [-0.25, -0.2) is 4.98 Å². The smallest absolute Gasteiger partial charge is 0.107 e. The Labute approximate surface area is 89.8 Å². The zero-order valence-corrected chi connectivity index (χ0v) is 9.57. The van der Waals surface area contributed by atoms with Crippen LogP contribution in [-0.4, -0.2) is 11.0 Å². The summed E-state index contributed by atoms with van der Waals surface area (Å²) in [4.78, 5) is 5.80. The highest BCUT2D eigenvalue weighted by Gasteiger charge is 2.14. The zero-order valence-electron chi connectivity index (χ0n) is 8.75. The molecule has 0 spiro atoms. The lowest BCUT2D eigenvalue weighted by atomic mass is 10.2. The number of aromatic nitrogens is 1. The highest BCUT2D eigenvalue weighted by molar-refractivity contribution is 7.11. The molecule has 1 aliphatic carbocycles. The van der Waals surface area contributed by atoms with Crippen LogP contribution in [0.2, 0.25) is 0 Å². The minimum absolute atomic E-state index is 0.754. The fourth-order valence-corrected chi connectivity index (χ4v) is 2.77. The Morgan fingerprint density at radius 1 is 1.50 bits per heavy atom. The van der Waals surface area contributed by atoms with E-state index in [-0.39, 0.29) is 0 Å². The summed E-state index contributed by atoms with van der Waals surface area (Å²) in [6.45, 7) is 3.15. The monoisotopic (exact) mass is 210 g/mol. The summed E-state index contributed by atoms with van der Waals surface area (Å²) in [5.41, 5.74) is 0. The van der Waals surface area contributed by atoms with Gasteiger partial charge in [-0.05, 0) is 19.3 Å². The van der Waals surface area contributed by atoms with Crippen molar-refractivity contribution in [2.75, 3.05) is 0 Å². The van der Waals surface area contributed by atoms with Gasteiger partial charge in [-0.2, -0.15) is 0 Å². The van der Waals surface area contributed by atoms with E-state index in [0.717, 1.165) is 19.0 Å². The van der Waals surface area contributed by atoms with Crippen LogP contribution in [0.3, 0.4) is 0 Å². The van der Waals surface area contributed by atoms with Crippen LogP contribution in [0.15, 0.2) is 6.20 Å². The fourth-order valence-electron chi connectivity index (χ4n) is 1.95. The first-order valence-corrected chi connectivity index (χ1v) is 6.37. The molecule has 1 aromatic heterocycles. The topological polar surface area (TPSA) is 24.9 Å². The average molecular weight is 210 g/mol. The predicted octanol–water partition coefficient (Wildman–Crippen LogP) is 2.74. The molecule has 0 unspecified atom stereocenters. The Morgan fingerprint density at radius 3 is 2.93 bits per heavy atom. The minimum Gasteiger partial charge on any atom is -0.308 e. The maximum Gasteiger partial charge on any atom is 0.107 e. The number of nitrogens with one attached hydrogen (secondary N) is 1. The van der Waals surface area contributed by atoms with Crippen LogP contribution in [0.25, 0.3) is 0 Å². The molecule has 1 fully saturated rings. The van der Waals surface area contributed by atoms with Gasteiger partial charge in [-0.15, -0.1) is 11.3 Å². The Hall–Kier alpha value is -0.410. The van der Waals surface area contributed by atoms with E-state index in [0.29, 0.717) is 0 Å². The fraction of sp³-hybridized carbons (Fsp3) is 0.727. The predicted molar refractivity (Wildman–Crippen MR) is 60.6 cm³/mol. The lowest BCUT2D eigenvalue weighted by Crippen LogP contribution is -2.25. The Balaban J connectivity index is 1.79. The van der Waals surface area contributed by atoms with Gasteiger partial charge < -0.3 is 5.32 Å². The van der Waals surface area contributed by atoms with Gasteiger partial charge in [0.2, 0.25) is 0 Å². The van der Waals surface area contributed by atoms with Gasteiger partial charge in [0.25, 0.3) is 0 Å². The van der Waals surface area contributed by atoms with Crippen molar-refractivity contribution in [2.24, 2.45) is 0 Å². The first-order valence-electron chi connectivity index (χ1n) is 5.55. The first-order chi connectivity index (χ1) is 6.88. The van der Waals surface area contributed by atoms with Crippen LogP contribution in [0.4, 0.5) is 0 Å². The van der Waals surface area contributed by atoms with Crippen LogP contribution >= 0.6 is 11.3 Å². The molecule has 1 aromatic rings. The van der Waals surface area contributed by atoms with Crippen molar-refractivity contribution in [3.05, 3.63) is 16.1 Å². The standard InChI is InChI=1S/C11H18N2S/c1-2-10-7-13-11(14-10)8-12-9-5-3-4-6-9/h7,9,12H,2-6,8H2,1H3. The van der Waals surface area contributed by atoms with Crippen LogP contribution in [0.5, 0.6) is 0 Å². The van der Waals surface area contributed by atoms with Crippen molar-refractivity contribution < 1.29 is 0 Å². The maximum atomic E-state index is 4.40. The van der Waals surface area contributed by atoms with Crippen LogP contribution in [0.1, 0.15) is 42.5 Å². The molecule has 1 heterocycles. The molecule has 0 bridgehead atoms. The Kier molecular flexibility index (Phi) is 3.54. The van der Waals surface area contributed by atoms with E-state index >= 15 is 0 Å². The van der Waals surface area contributed by atoms with Gasteiger partial charge in [-0.1, -0.05) is 19.8 Å². The summed E-state index contributed by atoms with van der Waals surface area (Å²) in [5.74, 6) is 0. The molecule has 3 heteroatoms. The molecule has 14 heavy (non-hydrogen) atoms. The van der Waals surface area contributed by atoms with Crippen molar-refractivity contribution in [2.45, 2.75) is 51.6 Å². The third-order valence-electron chi connectivity index (χ3n) is 2.85. The largest absolute Gasteiger partial charge is 0.308 e. The normalized spacial score (nSPS) is 17.8. The summed E-state index contributed by atoms with van der Waals surface area (Å²) in [7, 11) is 0. The molecule has 1 aliphatic rings. The minimum atomic E-state index is 0.754. The highest BCUT2D eigenvalue weighted by atomic mass is 32.1. The Morgan fingerprint density at radius 2 is 2.29 bits per heavy atom. The second kappa shape index (κ2) is 4.89. The van der Waals surface area contributed by atoms with E-state index in [9.17, 15) is 0 Å². The molecular formula is C11H18N2S. The molecule has 0 amide bonds. The third kappa shape index (κ3) is 2.55. The summed E-state index contributed by atoms with van der Waals surface area (Å²) >= 11 is 1.84. The number of hydrogen-bond acceptors (Lipinski definition) is 3. The summed E-state index contributed by atoms with van der Waals surface area (Å²) in [6.07, 6.45) is 8.63. The third-order valence-corrected chi connectivity index (χ3v) is 3.99. The van der Waals surface area contributed by atoms with E-state index in [1.807, 2.05) is 17.5 Å². The van der Waals surface area contributed by atoms with Crippen molar-refractivity contribution in [1.29, 1.82) is 0 Å². The quantitative estimate of drug-likeness (QED) is 0.826. The summed E-state index contributed by atoms with van der Waals surface area (Å²) in [6, 6.07) is 0.754. The van der Waals surface area contributed by atoms with Gasteiger partial charge in [-0.3, -0.25) is 0 Å². The second-order valence-corrected chi connectivity index (χ2v) is 5.14. The molecule has 2 rings (SSSR count). The number of hydrogen-bond donors (Lipinski definition) is 1. The molecule has 1 N–H and O–H groups in total.